The molecule has 0 saturated heterocycles. The molecule has 0 heterocycles. The standard InChI is InChI=1S/C8H16OS/c9-8(6-10)7-4-2-1-3-5-7/h7-10H,1-6H2. The summed E-state index contributed by atoms with van der Waals surface area (Å²) < 4.78 is 0. The average molecular weight is 160 g/mol. The number of aliphatic hydroxyl groups excluding tert-OH is 1. The number of hydrogen-bond donors (Lipinski definition) is 2. The second-order valence-corrected chi connectivity index (χ2v) is 3.51. The highest BCUT2D eigenvalue weighted by Crippen LogP contribution is 2.26. The number of rotatable bonds is 2. The van der Waals surface area contributed by atoms with Crippen molar-refractivity contribution in [2.75, 3.05) is 5.75 Å². The van der Waals surface area contributed by atoms with Gasteiger partial charge in [0.25, 0.3) is 0 Å². The summed E-state index contributed by atoms with van der Waals surface area (Å²) in [5, 5.41) is 9.41. The molecule has 1 rings (SSSR count). The van der Waals surface area contributed by atoms with Crippen LogP contribution in [-0.4, -0.2) is 17.0 Å². The lowest BCUT2D eigenvalue weighted by molar-refractivity contribution is 0.105. The minimum absolute atomic E-state index is 0.149. The Kier molecular flexibility index (Phi) is 3.57. The van der Waals surface area contributed by atoms with Crippen molar-refractivity contribution in [2.24, 2.45) is 5.92 Å². The van der Waals surface area contributed by atoms with Crippen molar-refractivity contribution in [3.63, 3.8) is 0 Å². The van der Waals surface area contributed by atoms with Gasteiger partial charge in [0.15, 0.2) is 0 Å². The molecule has 0 amide bonds. The summed E-state index contributed by atoms with van der Waals surface area (Å²) in [6.45, 7) is 0. The first-order chi connectivity index (χ1) is 4.84. The predicted octanol–water partition coefficient (Wildman–Crippen LogP) is 1.86. The Hall–Kier alpha value is 0.310. The van der Waals surface area contributed by atoms with Crippen LogP contribution in [0.25, 0.3) is 0 Å². The first kappa shape index (κ1) is 8.41. The summed E-state index contributed by atoms with van der Waals surface area (Å²) >= 11 is 4.08. The third-order valence-corrected chi connectivity index (χ3v) is 2.76. The summed E-state index contributed by atoms with van der Waals surface area (Å²) in [5.74, 6) is 1.18. The Balaban J connectivity index is 2.24. The van der Waals surface area contributed by atoms with E-state index < -0.39 is 0 Å². The number of thiol groups is 1. The molecule has 2 heteroatoms. The molecule has 0 aromatic carbocycles. The van der Waals surface area contributed by atoms with Gasteiger partial charge in [-0.2, -0.15) is 12.6 Å². The van der Waals surface area contributed by atoms with Gasteiger partial charge >= 0.3 is 0 Å². The highest BCUT2D eigenvalue weighted by molar-refractivity contribution is 7.80. The van der Waals surface area contributed by atoms with Crippen LogP contribution in [-0.2, 0) is 0 Å². The van der Waals surface area contributed by atoms with Crippen LogP contribution >= 0.6 is 12.6 Å². The van der Waals surface area contributed by atoms with Gasteiger partial charge in [0, 0.05) is 5.75 Å². The smallest absolute Gasteiger partial charge is 0.0656 e. The molecule has 10 heavy (non-hydrogen) atoms. The third kappa shape index (κ3) is 2.17. The van der Waals surface area contributed by atoms with Crippen LogP contribution < -0.4 is 0 Å². The summed E-state index contributed by atoms with van der Waals surface area (Å²) in [4.78, 5) is 0. The first-order valence-electron chi connectivity index (χ1n) is 4.13. The molecular weight excluding hydrogens is 144 g/mol. The van der Waals surface area contributed by atoms with E-state index in [1.807, 2.05) is 0 Å². The Labute approximate surface area is 68.2 Å². The highest BCUT2D eigenvalue weighted by Gasteiger charge is 2.19. The summed E-state index contributed by atoms with van der Waals surface area (Å²) in [7, 11) is 0. The lowest BCUT2D eigenvalue weighted by Gasteiger charge is -2.25. The fourth-order valence-corrected chi connectivity index (χ4v) is 1.97. The molecular formula is C8H16OS. The molecule has 1 aliphatic carbocycles. The van der Waals surface area contributed by atoms with E-state index in [0.29, 0.717) is 11.7 Å². The first-order valence-corrected chi connectivity index (χ1v) is 4.76. The molecule has 1 fully saturated rings. The molecule has 0 spiro atoms. The third-order valence-electron chi connectivity index (χ3n) is 2.38. The number of hydrogen-bond acceptors (Lipinski definition) is 2. The lowest BCUT2D eigenvalue weighted by atomic mass is 9.86. The summed E-state index contributed by atoms with van der Waals surface area (Å²) in [6.07, 6.45) is 6.23. The van der Waals surface area contributed by atoms with Crippen LogP contribution in [0.1, 0.15) is 32.1 Å². The van der Waals surface area contributed by atoms with Gasteiger partial charge in [0.05, 0.1) is 6.10 Å². The maximum atomic E-state index is 9.41. The molecule has 1 saturated carbocycles. The van der Waals surface area contributed by atoms with Gasteiger partial charge < -0.3 is 5.11 Å². The number of aliphatic hydroxyl groups is 1. The van der Waals surface area contributed by atoms with Gasteiger partial charge in [-0.05, 0) is 18.8 Å². The van der Waals surface area contributed by atoms with Crippen LogP contribution in [0.2, 0.25) is 0 Å². The molecule has 0 aromatic heterocycles. The molecule has 1 nitrogen and oxygen atoms in total. The van der Waals surface area contributed by atoms with Crippen molar-refractivity contribution >= 4 is 12.6 Å². The average Bonchev–Trinajstić information content (AvgIpc) is 2.05. The largest absolute Gasteiger partial charge is 0.392 e. The van der Waals surface area contributed by atoms with E-state index in [-0.39, 0.29) is 6.10 Å². The van der Waals surface area contributed by atoms with Gasteiger partial charge in [0.2, 0.25) is 0 Å². The summed E-state index contributed by atoms with van der Waals surface area (Å²) in [6, 6.07) is 0. The molecule has 60 valence electrons. The van der Waals surface area contributed by atoms with E-state index in [9.17, 15) is 5.11 Å². The predicted molar refractivity (Wildman–Crippen MR) is 46.4 cm³/mol. The van der Waals surface area contributed by atoms with E-state index in [1.165, 1.54) is 32.1 Å². The van der Waals surface area contributed by atoms with E-state index in [2.05, 4.69) is 12.6 Å². The topological polar surface area (TPSA) is 20.2 Å². The van der Waals surface area contributed by atoms with Gasteiger partial charge in [-0.3, -0.25) is 0 Å². The van der Waals surface area contributed by atoms with Gasteiger partial charge in [0.1, 0.15) is 0 Å². The monoisotopic (exact) mass is 160 g/mol. The fourth-order valence-electron chi connectivity index (χ4n) is 1.67. The van der Waals surface area contributed by atoms with E-state index in [1.54, 1.807) is 0 Å². The second kappa shape index (κ2) is 4.24. The van der Waals surface area contributed by atoms with Gasteiger partial charge in [-0.25, -0.2) is 0 Å². The fraction of sp³-hybridized carbons (Fsp3) is 1.00. The van der Waals surface area contributed by atoms with Gasteiger partial charge in [-0.1, -0.05) is 19.3 Å². The normalized spacial score (nSPS) is 24.6. The molecule has 1 N–H and O–H groups in total. The maximum absolute atomic E-state index is 9.41. The highest BCUT2D eigenvalue weighted by atomic mass is 32.1. The Morgan fingerprint density at radius 3 is 2.40 bits per heavy atom. The molecule has 1 aliphatic rings. The maximum Gasteiger partial charge on any atom is 0.0656 e. The zero-order valence-corrected chi connectivity index (χ0v) is 7.19. The van der Waals surface area contributed by atoms with Crippen LogP contribution in [0.4, 0.5) is 0 Å². The van der Waals surface area contributed by atoms with Crippen molar-refractivity contribution in [3.8, 4) is 0 Å². The van der Waals surface area contributed by atoms with Crippen LogP contribution in [0, 0.1) is 5.92 Å². The SMILES string of the molecule is OC(CS)C1CCCCC1. The van der Waals surface area contributed by atoms with Crippen LogP contribution in [0.3, 0.4) is 0 Å². The van der Waals surface area contributed by atoms with E-state index in [0.717, 1.165) is 0 Å². The molecule has 0 aliphatic heterocycles. The van der Waals surface area contributed by atoms with E-state index >= 15 is 0 Å². The van der Waals surface area contributed by atoms with Crippen molar-refractivity contribution in [3.05, 3.63) is 0 Å². The minimum atomic E-state index is -0.149. The van der Waals surface area contributed by atoms with Gasteiger partial charge in [-0.15, -0.1) is 0 Å². The molecule has 0 aromatic rings. The summed E-state index contributed by atoms with van der Waals surface area (Å²) in [5.41, 5.74) is 0. The van der Waals surface area contributed by atoms with Crippen molar-refractivity contribution in [2.45, 2.75) is 38.2 Å². The van der Waals surface area contributed by atoms with Crippen LogP contribution in [0.15, 0.2) is 0 Å². The molecule has 0 bridgehead atoms. The molecule has 1 unspecified atom stereocenters. The Morgan fingerprint density at radius 1 is 1.30 bits per heavy atom. The Morgan fingerprint density at radius 2 is 1.90 bits per heavy atom. The Bertz CT molecular complexity index is 89.3. The quantitative estimate of drug-likeness (QED) is 0.591. The van der Waals surface area contributed by atoms with Crippen molar-refractivity contribution in [1.82, 2.24) is 0 Å². The zero-order valence-electron chi connectivity index (χ0n) is 6.29. The van der Waals surface area contributed by atoms with Crippen LogP contribution in [0.5, 0.6) is 0 Å². The minimum Gasteiger partial charge on any atom is -0.392 e. The molecule has 1 atom stereocenters. The van der Waals surface area contributed by atoms with E-state index in [4.69, 9.17) is 0 Å². The zero-order chi connectivity index (χ0) is 7.40. The van der Waals surface area contributed by atoms with Crippen molar-refractivity contribution < 1.29 is 5.11 Å². The lowest BCUT2D eigenvalue weighted by Crippen LogP contribution is -2.24. The second-order valence-electron chi connectivity index (χ2n) is 3.15. The van der Waals surface area contributed by atoms with Crippen molar-refractivity contribution in [1.29, 1.82) is 0 Å². The molecule has 0 radical (unpaired) electrons.